The van der Waals surface area contributed by atoms with Crippen LogP contribution in [0.2, 0.25) is 0 Å². The van der Waals surface area contributed by atoms with E-state index in [1.807, 2.05) is 11.9 Å². The third kappa shape index (κ3) is 7.97. The molecule has 0 bridgehead atoms. The smallest absolute Gasteiger partial charge is 0.264 e. The molecule has 0 radical (unpaired) electrons. The Labute approximate surface area is 74.6 Å². The van der Waals surface area contributed by atoms with Crippen molar-refractivity contribution in [2.75, 3.05) is 33.0 Å². The van der Waals surface area contributed by atoms with Crippen LogP contribution in [-0.4, -0.2) is 46.3 Å². The molecular formula is C7H17NO3S. The molecule has 0 heterocycles. The first-order valence-corrected chi connectivity index (χ1v) is 5.80. The molecule has 0 saturated carbocycles. The Morgan fingerprint density at radius 1 is 1.33 bits per heavy atom. The van der Waals surface area contributed by atoms with Crippen molar-refractivity contribution in [3.63, 3.8) is 0 Å². The van der Waals surface area contributed by atoms with E-state index in [0.29, 0.717) is 6.54 Å². The highest BCUT2D eigenvalue weighted by Crippen LogP contribution is 1.89. The Kier molecular flexibility index (Phi) is 5.44. The van der Waals surface area contributed by atoms with Gasteiger partial charge in [0.15, 0.2) is 0 Å². The molecule has 0 fully saturated rings. The second-order valence-corrected chi connectivity index (χ2v) is 4.47. The quantitative estimate of drug-likeness (QED) is 0.572. The second-order valence-electron chi connectivity index (χ2n) is 2.83. The zero-order chi connectivity index (χ0) is 9.61. The van der Waals surface area contributed by atoms with Crippen LogP contribution in [0.4, 0.5) is 0 Å². The Bertz CT molecular complexity index is 201. The average molecular weight is 195 g/mol. The van der Waals surface area contributed by atoms with Crippen LogP contribution in [0.5, 0.6) is 0 Å². The molecule has 0 amide bonds. The van der Waals surface area contributed by atoms with Gasteiger partial charge in [0, 0.05) is 6.54 Å². The highest BCUT2D eigenvalue weighted by atomic mass is 32.2. The van der Waals surface area contributed by atoms with Gasteiger partial charge in [0.1, 0.15) is 0 Å². The molecule has 0 saturated heterocycles. The summed E-state index contributed by atoms with van der Waals surface area (Å²) in [6, 6.07) is 0. The lowest BCUT2D eigenvalue weighted by molar-refractivity contribution is 0.243. The number of hydrogen-bond donors (Lipinski definition) is 0. The molecule has 0 aliphatic carbocycles. The third-order valence-electron chi connectivity index (χ3n) is 1.38. The van der Waals surface area contributed by atoms with E-state index in [2.05, 4.69) is 11.1 Å². The van der Waals surface area contributed by atoms with Crippen LogP contribution >= 0.6 is 0 Å². The van der Waals surface area contributed by atoms with Crippen LogP contribution in [0.1, 0.15) is 13.3 Å². The van der Waals surface area contributed by atoms with Crippen LogP contribution < -0.4 is 0 Å². The van der Waals surface area contributed by atoms with Gasteiger partial charge in [-0.1, -0.05) is 6.92 Å². The molecule has 0 N–H and O–H groups in total. The van der Waals surface area contributed by atoms with Gasteiger partial charge in [-0.2, -0.15) is 8.42 Å². The normalized spacial score (nSPS) is 12.3. The zero-order valence-corrected chi connectivity index (χ0v) is 8.73. The van der Waals surface area contributed by atoms with Gasteiger partial charge in [0.25, 0.3) is 10.1 Å². The van der Waals surface area contributed by atoms with E-state index in [1.165, 1.54) is 0 Å². The fourth-order valence-electron chi connectivity index (χ4n) is 0.838. The molecule has 0 aromatic rings. The van der Waals surface area contributed by atoms with Crippen LogP contribution in [0, 0.1) is 0 Å². The molecule has 0 unspecified atom stereocenters. The molecule has 5 heteroatoms. The van der Waals surface area contributed by atoms with Crippen molar-refractivity contribution in [1.29, 1.82) is 0 Å². The van der Waals surface area contributed by atoms with Crippen LogP contribution in [0.25, 0.3) is 0 Å². The van der Waals surface area contributed by atoms with E-state index in [0.717, 1.165) is 19.2 Å². The SMILES string of the molecule is CCCN(C)CCOS(C)(=O)=O. The van der Waals surface area contributed by atoms with Crippen LogP contribution in [-0.2, 0) is 14.3 Å². The summed E-state index contributed by atoms with van der Waals surface area (Å²) >= 11 is 0. The van der Waals surface area contributed by atoms with E-state index in [4.69, 9.17) is 0 Å². The number of rotatable bonds is 6. The van der Waals surface area contributed by atoms with E-state index in [-0.39, 0.29) is 6.61 Å². The highest BCUT2D eigenvalue weighted by Gasteiger charge is 2.02. The standard InChI is InChI=1S/C7H17NO3S/c1-4-5-8(2)6-7-11-12(3,9)10/h4-7H2,1-3H3. The number of hydrogen-bond acceptors (Lipinski definition) is 4. The molecule has 4 nitrogen and oxygen atoms in total. The molecule has 0 aromatic carbocycles. The maximum atomic E-state index is 10.5. The molecule has 74 valence electrons. The van der Waals surface area contributed by atoms with Crippen molar-refractivity contribution in [1.82, 2.24) is 4.90 Å². The fourth-order valence-corrected chi connectivity index (χ4v) is 1.22. The van der Waals surface area contributed by atoms with Crippen molar-refractivity contribution in [2.45, 2.75) is 13.3 Å². The summed E-state index contributed by atoms with van der Waals surface area (Å²) in [6.45, 7) is 3.94. The van der Waals surface area contributed by atoms with Gasteiger partial charge in [-0.25, -0.2) is 0 Å². The Balaban J connectivity index is 3.44. The Morgan fingerprint density at radius 2 is 1.92 bits per heavy atom. The third-order valence-corrected chi connectivity index (χ3v) is 1.97. The number of nitrogens with zero attached hydrogens (tertiary/aromatic N) is 1. The fraction of sp³-hybridized carbons (Fsp3) is 1.00. The molecule has 0 aromatic heterocycles. The molecule has 0 aliphatic heterocycles. The summed E-state index contributed by atoms with van der Waals surface area (Å²) in [5.41, 5.74) is 0. The summed E-state index contributed by atoms with van der Waals surface area (Å²) in [6.07, 6.45) is 2.13. The highest BCUT2D eigenvalue weighted by molar-refractivity contribution is 7.85. The zero-order valence-electron chi connectivity index (χ0n) is 7.91. The van der Waals surface area contributed by atoms with Gasteiger partial charge >= 0.3 is 0 Å². The predicted octanol–water partition coefficient (Wildman–Crippen LogP) is 0.304. The lowest BCUT2D eigenvalue weighted by Crippen LogP contribution is -2.24. The van der Waals surface area contributed by atoms with Crippen molar-refractivity contribution in [2.24, 2.45) is 0 Å². The van der Waals surface area contributed by atoms with Gasteiger partial charge in [-0.05, 0) is 20.0 Å². The minimum absolute atomic E-state index is 0.245. The molecule has 0 aliphatic rings. The average Bonchev–Trinajstić information content (AvgIpc) is 1.84. The van der Waals surface area contributed by atoms with Gasteiger partial charge in [0.2, 0.25) is 0 Å². The maximum Gasteiger partial charge on any atom is 0.264 e. The first-order chi connectivity index (χ1) is 5.45. The largest absolute Gasteiger partial charge is 0.304 e. The van der Waals surface area contributed by atoms with Crippen molar-refractivity contribution < 1.29 is 12.6 Å². The summed E-state index contributed by atoms with van der Waals surface area (Å²) in [7, 11) is -1.32. The molecule has 0 rings (SSSR count). The lowest BCUT2D eigenvalue weighted by Gasteiger charge is -2.14. The topological polar surface area (TPSA) is 46.6 Å². The minimum atomic E-state index is -3.26. The number of likely N-dealkylation sites (N-methyl/N-ethyl adjacent to an activating group) is 1. The second kappa shape index (κ2) is 5.50. The van der Waals surface area contributed by atoms with Gasteiger partial charge in [-0.3, -0.25) is 4.18 Å². The molecule has 0 spiro atoms. The summed E-state index contributed by atoms with van der Waals surface area (Å²) < 4.78 is 25.6. The van der Waals surface area contributed by atoms with E-state index >= 15 is 0 Å². The summed E-state index contributed by atoms with van der Waals surface area (Å²) in [4.78, 5) is 2.03. The van der Waals surface area contributed by atoms with Gasteiger partial charge in [-0.15, -0.1) is 0 Å². The van der Waals surface area contributed by atoms with Crippen LogP contribution in [0.3, 0.4) is 0 Å². The van der Waals surface area contributed by atoms with Crippen molar-refractivity contribution in [3.8, 4) is 0 Å². The monoisotopic (exact) mass is 195 g/mol. The summed E-state index contributed by atoms with van der Waals surface area (Å²) in [5.74, 6) is 0. The molecular weight excluding hydrogens is 178 g/mol. The van der Waals surface area contributed by atoms with Gasteiger partial charge in [0.05, 0.1) is 12.9 Å². The van der Waals surface area contributed by atoms with Crippen LogP contribution in [0.15, 0.2) is 0 Å². The molecule has 0 atom stereocenters. The van der Waals surface area contributed by atoms with Gasteiger partial charge < -0.3 is 4.90 Å². The van der Waals surface area contributed by atoms with Crippen molar-refractivity contribution >= 4 is 10.1 Å². The van der Waals surface area contributed by atoms with Crippen molar-refractivity contribution in [3.05, 3.63) is 0 Å². The summed E-state index contributed by atoms with van der Waals surface area (Å²) in [5, 5.41) is 0. The van der Waals surface area contributed by atoms with E-state index < -0.39 is 10.1 Å². The maximum absolute atomic E-state index is 10.5. The minimum Gasteiger partial charge on any atom is -0.304 e. The van der Waals surface area contributed by atoms with E-state index in [1.54, 1.807) is 0 Å². The first-order valence-electron chi connectivity index (χ1n) is 3.98. The Hall–Kier alpha value is -0.130. The van der Waals surface area contributed by atoms with E-state index in [9.17, 15) is 8.42 Å². The Morgan fingerprint density at radius 3 is 2.33 bits per heavy atom. The lowest BCUT2D eigenvalue weighted by atomic mass is 10.4. The first kappa shape index (κ1) is 11.9. The predicted molar refractivity (Wildman–Crippen MR) is 48.6 cm³/mol. The molecule has 12 heavy (non-hydrogen) atoms.